The molecule has 0 radical (unpaired) electrons. The number of nitrogens with zero attached hydrogens (tertiary/aromatic N) is 1. The maximum atomic E-state index is 12.8. The Morgan fingerprint density at radius 1 is 1.14 bits per heavy atom. The van der Waals surface area contributed by atoms with E-state index in [0.717, 1.165) is 51.7 Å². The molecule has 1 fully saturated rings. The molecule has 2 aliphatic heterocycles. The Bertz CT molecular complexity index is 849. The minimum absolute atomic E-state index is 0.0622. The van der Waals surface area contributed by atoms with Crippen molar-refractivity contribution >= 4 is 5.91 Å². The largest absolute Gasteiger partial charge is 0.343 e. The second-order valence-electron chi connectivity index (χ2n) is 8.41. The van der Waals surface area contributed by atoms with Crippen LogP contribution in [0.1, 0.15) is 54.0 Å². The Hall–Kier alpha value is -2.13. The summed E-state index contributed by atoms with van der Waals surface area (Å²) in [7, 11) is 0. The topological polar surface area (TPSA) is 32.3 Å². The van der Waals surface area contributed by atoms with Crippen LogP contribution in [-0.2, 0) is 29.6 Å². The van der Waals surface area contributed by atoms with Gasteiger partial charge in [0.25, 0.3) is 0 Å². The average molecular weight is 377 g/mol. The highest BCUT2D eigenvalue weighted by atomic mass is 16.2. The first-order valence-corrected chi connectivity index (χ1v) is 10.8. The van der Waals surface area contributed by atoms with Crippen molar-refractivity contribution in [1.82, 2.24) is 10.2 Å². The van der Waals surface area contributed by atoms with E-state index in [1.54, 1.807) is 0 Å². The third kappa shape index (κ3) is 3.73. The Labute approximate surface area is 169 Å². The number of aryl methyl sites for hydroxylation is 3. The van der Waals surface area contributed by atoms with Gasteiger partial charge in [-0.15, -0.1) is 0 Å². The van der Waals surface area contributed by atoms with Gasteiger partial charge in [0.2, 0.25) is 5.91 Å². The van der Waals surface area contributed by atoms with Crippen molar-refractivity contribution in [2.45, 2.75) is 57.9 Å². The first-order chi connectivity index (χ1) is 13.6. The molecule has 2 heterocycles. The van der Waals surface area contributed by atoms with Crippen LogP contribution < -0.4 is 5.32 Å². The Morgan fingerprint density at radius 2 is 1.93 bits per heavy atom. The molecule has 28 heavy (non-hydrogen) atoms. The summed E-state index contributed by atoms with van der Waals surface area (Å²) in [5.41, 5.74) is 7.05. The number of benzene rings is 2. The number of fused-ring (bicyclic) bond motifs is 2. The zero-order chi connectivity index (χ0) is 19.6. The van der Waals surface area contributed by atoms with Gasteiger partial charge in [-0.3, -0.25) is 4.79 Å². The van der Waals surface area contributed by atoms with Crippen LogP contribution in [0.5, 0.6) is 0 Å². The number of hydrogen-bond acceptors (Lipinski definition) is 2. The van der Waals surface area contributed by atoms with Gasteiger partial charge in [0, 0.05) is 31.6 Å². The summed E-state index contributed by atoms with van der Waals surface area (Å²) in [5.74, 6) is 0.301. The van der Waals surface area contributed by atoms with Crippen LogP contribution in [0, 0.1) is 6.92 Å². The van der Waals surface area contributed by atoms with Gasteiger partial charge in [-0.25, -0.2) is 0 Å². The SMILES string of the molecule is CCc1ccc2c(c1)CCNC21CCN(C(=O)CCc2ccccc2C)CC1. The Morgan fingerprint density at radius 3 is 2.68 bits per heavy atom. The third-order valence-electron chi connectivity index (χ3n) is 6.79. The Balaban J connectivity index is 1.40. The van der Waals surface area contributed by atoms with Gasteiger partial charge in [-0.1, -0.05) is 49.4 Å². The van der Waals surface area contributed by atoms with Crippen molar-refractivity contribution in [3.8, 4) is 0 Å². The van der Waals surface area contributed by atoms with Crippen molar-refractivity contribution in [1.29, 1.82) is 0 Å². The van der Waals surface area contributed by atoms with Crippen molar-refractivity contribution < 1.29 is 4.79 Å². The predicted molar refractivity (Wildman–Crippen MR) is 115 cm³/mol. The number of nitrogens with one attached hydrogen (secondary N) is 1. The van der Waals surface area contributed by atoms with Gasteiger partial charge in [0.15, 0.2) is 0 Å². The molecule has 1 amide bonds. The summed E-state index contributed by atoms with van der Waals surface area (Å²) in [6.07, 6.45) is 5.69. The van der Waals surface area contributed by atoms with Crippen LogP contribution in [0.2, 0.25) is 0 Å². The van der Waals surface area contributed by atoms with Crippen LogP contribution in [0.3, 0.4) is 0 Å². The monoisotopic (exact) mass is 376 g/mol. The molecule has 0 unspecified atom stereocenters. The lowest BCUT2D eigenvalue weighted by Crippen LogP contribution is -2.55. The second-order valence-corrected chi connectivity index (χ2v) is 8.41. The number of amides is 1. The van der Waals surface area contributed by atoms with E-state index in [1.165, 1.54) is 27.8 Å². The minimum atomic E-state index is 0.0622. The summed E-state index contributed by atoms with van der Waals surface area (Å²) in [6, 6.07) is 15.4. The van der Waals surface area contributed by atoms with Crippen LogP contribution in [0.25, 0.3) is 0 Å². The van der Waals surface area contributed by atoms with Gasteiger partial charge in [0.1, 0.15) is 0 Å². The van der Waals surface area contributed by atoms with Gasteiger partial charge in [0.05, 0.1) is 0 Å². The normalized spacial score (nSPS) is 18.1. The van der Waals surface area contributed by atoms with Crippen molar-refractivity contribution in [2.75, 3.05) is 19.6 Å². The van der Waals surface area contributed by atoms with Crippen LogP contribution in [0.4, 0.5) is 0 Å². The molecule has 3 heteroatoms. The predicted octanol–water partition coefficient (Wildman–Crippen LogP) is 4.15. The van der Waals surface area contributed by atoms with E-state index in [9.17, 15) is 4.79 Å². The minimum Gasteiger partial charge on any atom is -0.343 e. The molecule has 148 valence electrons. The molecule has 0 saturated carbocycles. The molecular weight excluding hydrogens is 344 g/mol. The number of carbonyl (C=O) groups excluding carboxylic acids is 1. The third-order valence-corrected chi connectivity index (χ3v) is 6.79. The van der Waals surface area contributed by atoms with E-state index >= 15 is 0 Å². The molecule has 0 aromatic heterocycles. The van der Waals surface area contributed by atoms with Gasteiger partial charge in [-0.05, 0) is 66.8 Å². The average Bonchev–Trinajstić information content (AvgIpc) is 2.73. The quantitative estimate of drug-likeness (QED) is 0.869. The first-order valence-electron chi connectivity index (χ1n) is 10.8. The molecule has 4 rings (SSSR count). The second kappa shape index (κ2) is 8.08. The van der Waals surface area contributed by atoms with Crippen LogP contribution >= 0.6 is 0 Å². The molecule has 0 bridgehead atoms. The molecule has 1 N–H and O–H groups in total. The molecule has 0 atom stereocenters. The fraction of sp³-hybridized carbons (Fsp3) is 0.480. The maximum absolute atomic E-state index is 12.8. The zero-order valence-electron chi connectivity index (χ0n) is 17.3. The molecular formula is C25H32N2O. The molecule has 2 aromatic rings. The lowest BCUT2D eigenvalue weighted by molar-refractivity contribution is -0.133. The first kappa shape index (κ1) is 19.2. The van der Waals surface area contributed by atoms with E-state index in [1.807, 2.05) is 0 Å². The highest BCUT2D eigenvalue weighted by Gasteiger charge is 2.39. The van der Waals surface area contributed by atoms with E-state index in [-0.39, 0.29) is 5.54 Å². The van der Waals surface area contributed by atoms with E-state index in [2.05, 4.69) is 66.5 Å². The van der Waals surface area contributed by atoms with E-state index < -0.39 is 0 Å². The number of rotatable bonds is 4. The van der Waals surface area contributed by atoms with Crippen molar-refractivity contribution in [3.05, 3.63) is 70.3 Å². The molecule has 0 aliphatic carbocycles. The molecule has 2 aliphatic rings. The zero-order valence-corrected chi connectivity index (χ0v) is 17.3. The summed E-state index contributed by atoms with van der Waals surface area (Å²) in [6.45, 7) is 7.10. The number of likely N-dealkylation sites (tertiary alicyclic amines) is 1. The molecule has 1 spiro atoms. The standard InChI is InChI=1S/C25H32N2O/c1-3-20-8-10-23-22(18-20)12-15-26-25(23)13-16-27(17-14-25)24(28)11-9-21-7-5-4-6-19(21)2/h4-8,10,18,26H,3,9,11-17H2,1-2H3. The highest BCUT2D eigenvalue weighted by Crippen LogP contribution is 2.38. The molecule has 3 nitrogen and oxygen atoms in total. The number of carbonyl (C=O) groups is 1. The fourth-order valence-corrected chi connectivity index (χ4v) is 4.95. The van der Waals surface area contributed by atoms with Crippen molar-refractivity contribution in [3.63, 3.8) is 0 Å². The van der Waals surface area contributed by atoms with Crippen LogP contribution in [0.15, 0.2) is 42.5 Å². The maximum Gasteiger partial charge on any atom is 0.222 e. The summed E-state index contributed by atoms with van der Waals surface area (Å²) >= 11 is 0. The summed E-state index contributed by atoms with van der Waals surface area (Å²) in [4.78, 5) is 14.9. The summed E-state index contributed by atoms with van der Waals surface area (Å²) < 4.78 is 0. The van der Waals surface area contributed by atoms with Gasteiger partial charge in [-0.2, -0.15) is 0 Å². The van der Waals surface area contributed by atoms with Crippen LogP contribution in [-0.4, -0.2) is 30.4 Å². The lowest BCUT2D eigenvalue weighted by atomic mass is 9.75. The number of hydrogen-bond donors (Lipinski definition) is 1. The van der Waals surface area contributed by atoms with Crippen molar-refractivity contribution in [2.24, 2.45) is 0 Å². The van der Waals surface area contributed by atoms with Gasteiger partial charge >= 0.3 is 0 Å². The van der Waals surface area contributed by atoms with E-state index in [0.29, 0.717) is 12.3 Å². The molecule has 2 aromatic carbocycles. The molecule has 1 saturated heterocycles. The Kier molecular flexibility index (Phi) is 5.54. The fourth-order valence-electron chi connectivity index (χ4n) is 4.95. The summed E-state index contributed by atoms with van der Waals surface area (Å²) in [5, 5.41) is 3.81. The smallest absolute Gasteiger partial charge is 0.222 e. The van der Waals surface area contributed by atoms with Gasteiger partial charge < -0.3 is 10.2 Å². The lowest BCUT2D eigenvalue weighted by Gasteiger charge is -2.46. The number of piperidine rings is 1. The highest BCUT2D eigenvalue weighted by molar-refractivity contribution is 5.76. The van der Waals surface area contributed by atoms with E-state index in [4.69, 9.17) is 0 Å².